The number of rotatable bonds is 3. The number of carbonyl (C=O) groups excluding carboxylic acids is 1. The first-order chi connectivity index (χ1) is 13.4. The Balaban J connectivity index is 1.45. The van der Waals surface area contributed by atoms with Crippen LogP contribution in [0.1, 0.15) is 41.7 Å². The van der Waals surface area contributed by atoms with Gasteiger partial charge < -0.3 is 19.4 Å². The number of anilines is 2. The van der Waals surface area contributed by atoms with Gasteiger partial charge in [-0.05, 0) is 19.9 Å². The fraction of sp³-hybridized carbons (Fsp3) is 0.579. The van der Waals surface area contributed by atoms with E-state index >= 15 is 0 Å². The van der Waals surface area contributed by atoms with Gasteiger partial charge in [-0.3, -0.25) is 9.89 Å². The number of hydrogen-bond donors (Lipinski definition) is 1. The van der Waals surface area contributed by atoms with Crippen molar-refractivity contribution in [2.24, 2.45) is 0 Å². The Bertz CT molecular complexity index is 858. The largest absolute Gasteiger partial charge is 0.369 e. The van der Waals surface area contributed by atoms with Gasteiger partial charge in [-0.15, -0.1) is 0 Å². The maximum absolute atomic E-state index is 13.1. The molecule has 0 unspecified atom stereocenters. The first-order valence-electron chi connectivity index (χ1n) is 9.71. The van der Waals surface area contributed by atoms with Crippen LogP contribution in [-0.4, -0.2) is 77.4 Å². The Morgan fingerprint density at radius 1 is 1.25 bits per heavy atom. The molecule has 2 aromatic rings. The van der Waals surface area contributed by atoms with Crippen molar-refractivity contribution < 1.29 is 9.53 Å². The molecule has 0 radical (unpaired) electrons. The summed E-state index contributed by atoms with van der Waals surface area (Å²) < 4.78 is 5.82. The lowest BCUT2D eigenvalue weighted by molar-refractivity contribution is -0.00702. The van der Waals surface area contributed by atoms with Crippen molar-refractivity contribution >= 4 is 17.7 Å². The molecule has 1 amide bonds. The second kappa shape index (κ2) is 7.38. The molecule has 9 nitrogen and oxygen atoms in total. The molecule has 1 N–H and O–H groups in total. The van der Waals surface area contributed by atoms with Crippen LogP contribution in [0.25, 0.3) is 0 Å². The van der Waals surface area contributed by atoms with Gasteiger partial charge in [0.2, 0.25) is 5.95 Å². The average Bonchev–Trinajstić information content (AvgIpc) is 3.12. The summed E-state index contributed by atoms with van der Waals surface area (Å²) in [6.45, 7) is 6.77. The minimum atomic E-state index is -0.0618. The summed E-state index contributed by atoms with van der Waals surface area (Å²) in [6.07, 6.45) is 2.52. The lowest BCUT2D eigenvalue weighted by atomic mass is 9.99. The fourth-order valence-corrected chi connectivity index (χ4v) is 3.87. The highest BCUT2D eigenvalue weighted by molar-refractivity contribution is 5.94. The van der Waals surface area contributed by atoms with Crippen molar-refractivity contribution in [2.45, 2.75) is 32.5 Å². The van der Waals surface area contributed by atoms with Crippen LogP contribution >= 0.6 is 0 Å². The molecule has 1 saturated heterocycles. The lowest BCUT2D eigenvalue weighted by Crippen LogP contribution is -2.49. The quantitative estimate of drug-likeness (QED) is 0.850. The minimum Gasteiger partial charge on any atom is -0.369 e. The van der Waals surface area contributed by atoms with Gasteiger partial charge >= 0.3 is 0 Å². The van der Waals surface area contributed by atoms with E-state index in [1.165, 1.54) is 0 Å². The molecule has 0 saturated carbocycles. The van der Waals surface area contributed by atoms with E-state index in [0.29, 0.717) is 31.2 Å². The SMILES string of the molecule is C[C@@H]1Cc2c(C(=O)N3CCN(c4ccnc(N(C)C)n4)CC3)n[nH]c2[C@H](C)O1. The molecule has 2 aliphatic rings. The van der Waals surface area contributed by atoms with Crippen LogP contribution in [0.4, 0.5) is 11.8 Å². The third-order valence-electron chi connectivity index (χ3n) is 5.36. The molecule has 2 aromatic heterocycles. The summed E-state index contributed by atoms with van der Waals surface area (Å²) in [6, 6.07) is 1.91. The van der Waals surface area contributed by atoms with Crippen molar-refractivity contribution in [3.63, 3.8) is 0 Å². The third kappa shape index (κ3) is 3.42. The predicted octanol–water partition coefficient (Wildman–Crippen LogP) is 1.25. The molecular weight excluding hydrogens is 358 g/mol. The predicted molar refractivity (Wildman–Crippen MR) is 106 cm³/mol. The Morgan fingerprint density at radius 2 is 2.00 bits per heavy atom. The number of carbonyl (C=O) groups is 1. The molecular formula is C19H27N7O2. The van der Waals surface area contributed by atoms with Gasteiger partial charge in [-0.25, -0.2) is 4.98 Å². The van der Waals surface area contributed by atoms with Gasteiger partial charge in [0.05, 0.1) is 17.9 Å². The number of ether oxygens (including phenoxy) is 1. The molecule has 2 aliphatic heterocycles. The maximum Gasteiger partial charge on any atom is 0.274 e. The van der Waals surface area contributed by atoms with Crippen LogP contribution in [0.15, 0.2) is 12.3 Å². The van der Waals surface area contributed by atoms with Gasteiger partial charge in [0, 0.05) is 58.5 Å². The summed E-state index contributed by atoms with van der Waals surface area (Å²) in [5.41, 5.74) is 2.48. The number of fused-ring (bicyclic) bond motifs is 1. The molecule has 2 atom stereocenters. The van der Waals surface area contributed by atoms with Crippen LogP contribution in [0.2, 0.25) is 0 Å². The minimum absolute atomic E-state index is 0.00452. The summed E-state index contributed by atoms with van der Waals surface area (Å²) >= 11 is 0. The Morgan fingerprint density at radius 3 is 2.71 bits per heavy atom. The molecule has 0 bridgehead atoms. The van der Waals surface area contributed by atoms with E-state index in [4.69, 9.17) is 4.74 Å². The van der Waals surface area contributed by atoms with E-state index in [2.05, 4.69) is 25.1 Å². The second-order valence-electron chi connectivity index (χ2n) is 7.65. The number of H-pyrrole nitrogens is 1. The topological polar surface area (TPSA) is 90.5 Å². The molecule has 9 heteroatoms. The monoisotopic (exact) mass is 385 g/mol. The molecule has 0 aliphatic carbocycles. The maximum atomic E-state index is 13.1. The number of hydrogen-bond acceptors (Lipinski definition) is 7. The smallest absolute Gasteiger partial charge is 0.274 e. The van der Waals surface area contributed by atoms with E-state index in [9.17, 15) is 4.79 Å². The average molecular weight is 385 g/mol. The number of aromatic nitrogens is 4. The molecule has 0 aromatic carbocycles. The van der Waals surface area contributed by atoms with E-state index in [0.717, 1.165) is 30.2 Å². The molecule has 4 heterocycles. The van der Waals surface area contributed by atoms with E-state index in [-0.39, 0.29) is 18.1 Å². The van der Waals surface area contributed by atoms with Crippen LogP contribution < -0.4 is 9.80 Å². The van der Waals surface area contributed by atoms with E-state index in [1.807, 2.05) is 43.8 Å². The number of aromatic amines is 1. The zero-order valence-electron chi connectivity index (χ0n) is 16.8. The zero-order chi connectivity index (χ0) is 19.8. The second-order valence-corrected chi connectivity index (χ2v) is 7.65. The number of nitrogens with zero attached hydrogens (tertiary/aromatic N) is 6. The third-order valence-corrected chi connectivity index (χ3v) is 5.36. The Hall–Kier alpha value is -2.68. The number of nitrogens with one attached hydrogen (secondary N) is 1. The van der Waals surface area contributed by atoms with Crippen molar-refractivity contribution in [2.75, 3.05) is 50.1 Å². The van der Waals surface area contributed by atoms with Crippen molar-refractivity contribution in [3.05, 3.63) is 29.2 Å². The summed E-state index contributed by atoms with van der Waals surface area (Å²) in [5, 5.41) is 7.34. The summed E-state index contributed by atoms with van der Waals surface area (Å²) in [5.74, 6) is 1.57. The van der Waals surface area contributed by atoms with Crippen LogP contribution in [0.5, 0.6) is 0 Å². The Kier molecular flexibility index (Phi) is 4.92. The van der Waals surface area contributed by atoms with E-state index < -0.39 is 0 Å². The number of amides is 1. The van der Waals surface area contributed by atoms with Crippen LogP contribution in [-0.2, 0) is 11.2 Å². The van der Waals surface area contributed by atoms with Crippen molar-refractivity contribution in [1.82, 2.24) is 25.1 Å². The van der Waals surface area contributed by atoms with Gasteiger partial charge in [0.25, 0.3) is 5.91 Å². The normalized spacial score (nSPS) is 22.1. The zero-order valence-corrected chi connectivity index (χ0v) is 16.8. The first-order valence-corrected chi connectivity index (χ1v) is 9.71. The highest BCUT2D eigenvalue weighted by Gasteiger charge is 2.32. The number of piperazine rings is 1. The molecule has 28 heavy (non-hydrogen) atoms. The molecule has 1 fully saturated rings. The molecule has 4 rings (SSSR count). The fourth-order valence-electron chi connectivity index (χ4n) is 3.87. The van der Waals surface area contributed by atoms with Crippen molar-refractivity contribution in [1.29, 1.82) is 0 Å². The van der Waals surface area contributed by atoms with E-state index in [1.54, 1.807) is 6.20 Å². The van der Waals surface area contributed by atoms with Crippen molar-refractivity contribution in [3.8, 4) is 0 Å². The van der Waals surface area contributed by atoms with Gasteiger partial charge in [0.15, 0.2) is 5.69 Å². The van der Waals surface area contributed by atoms with Gasteiger partial charge in [-0.2, -0.15) is 10.1 Å². The molecule has 0 spiro atoms. The first kappa shape index (κ1) is 18.7. The standard InChI is InChI=1S/C19H27N7O2/c1-12-11-14-16(13(2)28-12)22-23-17(14)18(27)26-9-7-25(8-10-26)15-5-6-20-19(21-15)24(3)4/h5-6,12-13H,7-11H2,1-4H3,(H,22,23)/t12-,13+/m1/s1. The van der Waals surface area contributed by atoms with Gasteiger partial charge in [-0.1, -0.05) is 0 Å². The van der Waals surface area contributed by atoms with Crippen LogP contribution in [0, 0.1) is 0 Å². The highest BCUT2D eigenvalue weighted by Crippen LogP contribution is 2.30. The summed E-state index contributed by atoms with van der Waals surface area (Å²) in [7, 11) is 3.85. The lowest BCUT2D eigenvalue weighted by Gasteiger charge is -2.35. The van der Waals surface area contributed by atoms with Crippen LogP contribution in [0.3, 0.4) is 0 Å². The highest BCUT2D eigenvalue weighted by atomic mass is 16.5. The molecule has 150 valence electrons. The van der Waals surface area contributed by atoms with Gasteiger partial charge in [0.1, 0.15) is 5.82 Å². The Labute approximate surface area is 164 Å². The summed E-state index contributed by atoms with van der Waals surface area (Å²) in [4.78, 5) is 27.9.